The van der Waals surface area contributed by atoms with Gasteiger partial charge in [-0.1, -0.05) is 17.7 Å². The lowest BCUT2D eigenvalue weighted by Gasteiger charge is -2.19. The molecular formula is C29H28ClFN5O6+. The Morgan fingerprint density at radius 1 is 1.12 bits per heavy atom. The summed E-state index contributed by atoms with van der Waals surface area (Å²) in [5, 5.41) is 18.8. The van der Waals surface area contributed by atoms with Crippen LogP contribution in [0.1, 0.15) is 36.7 Å². The van der Waals surface area contributed by atoms with Gasteiger partial charge in [0.1, 0.15) is 28.2 Å². The van der Waals surface area contributed by atoms with Crippen LogP contribution in [0, 0.1) is 5.82 Å². The van der Waals surface area contributed by atoms with Crippen molar-refractivity contribution < 1.29 is 37.7 Å². The van der Waals surface area contributed by atoms with Gasteiger partial charge in [0, 0.05) is 23.9 Å². The summed E-state index contributed by atoms with van der Waals surface area (Å²) in [4.78, 5) is 40.1. The maximum atomic E-state index is 15.2. The fourth-order valence-electron chi connectivity index (χ4n) is 3.99. The summed E-state index contributed by atoms with van der Waals surface area (Å²) in [6.07, 6.45) is 0.573. The fourth-order valence-corrected chi connectivity index (χ4v) is 4.16. The molecule has 1 atom stereocenters. The lowest BCUT2D eigenvalue weighted by molar-refractivity contribution is -0.652. The molecule has 0 aliphatic heterocycles. The average Bonchev–Trinajstić information content (AvgIpc) is 3.28. The molecule has 0 saturated heterocycles. The van der Waals surface area contributed by atoms with Crippen LogP contribution in [0.3, 0.4) is 0 Å². The number of anilines is 1. The van der Waals surface area contributed by atoms with Crippen LogP contribution in [0.2, 0.25) is 5.15 Å². The topological polar surface area (TPSA) is 148 Å². The van der Waals surface area contributed by atoms with Crippen molar-refractivity contribution >= 4 is 35.3 Å². The SMILES string of the molecule is C[n+]1c(-c2ccc(CC(NC(=O)c3ccnc(Cl)c3)C(=O)O)cc2F)noc1-c1ccc(NC(=O)OC(C)(C)C)cc1. The number of aromatic nitrogens is 3. The first-order chi connectivity index (χ1) is 19.8. The van der Waals surface area contributed by atoms with Crippen molar-refractivity contribution in [2.45, 2.75) is 38.8 Å². The Morgan fingerprint density at radius 2 is 1.83 bits per heavy atom. The maximum Gasteiger partial charge on any atom is 0.412 e. The number of amides is 2. The summed E-state index contributed by atoms with van der Waals surface area (Å²) >= 11 is 5.81. The van der Waals surface area contributed by atoms with Gasteiger partial charge in [-0.05, 0) is 74.9 Å². The summed E-state index contributed by atoms with van der Waals surface area (Å²) in [6.45, 7) is 5.30. The summed E-state index contributed by atoms with van der Waals surface area (Å²) < 4.78 is 27.5. The highest BCUT2D eigenvalue weighted by Crippen LogP contribution is 2.25. The smallest absolute Gasteiger partial charge is 0.412 e. The van der Waals surface area contributed by atoms with Crippen LogP contribution >= 0.6 is 11.6 Å². The molecule has 42 heavy (non-hydrogen) atoms. The number of carboxylic acid groups (broad SMARTS) is 1. The van der Waals surface area contributed by atoms with Gasteiger partial charge in [0.05, 0.1) is 12.6 Å². The molecule has 3 N–H and O–H groups in total. The predicted molar refractivity (Wildman–Crippen MR) is 150 cm³/mol. The van der Waals surface area contributed by atoms with Crippen LogP contribution in [-0.4, -0.2) is 44.9 Å². The van der Waals surface area contributed by atoms with Crippen LogP contribution in [0.4, 0.5) is 14.9 Å². The number of carbonyl (C=O) groups is 3. The number of carboxylic acids is 1. The van der Waals surface area contributed by atoms with Crippen molar-refractivity contribution in [1.82, 2.24) is 15.5 Å². The number of hydrogen-bond donors (Lipinski definition) is 3. The number of halogens is 2. The zero-order chi connectivity index (χ0) is 30.6. The van der Waals surface area contributed by atoms with Crippen LogP contribution in [0.15, 0.2) is 65.3 Å². The van der Waals surface area contributed by atoms with Gasteiger partial charge in [-0.2, -0.15) is 4.57 Å². The van der Waals surface area contributed by atoms with E-state index in [4.69, 9.17) is 20.9 Å². The molecule has 0 radical (unpaired) electrons. The number of benzene rings is 2. The van der Waals surface area contributed by atoms with Gasteiger partial charge in [-0.3, -0.25) is 10.1 Å². The van der Waals surface area contributed by atoms with E-state index in [2.05, 4.69) is 20.8 Å². The highest BCUT2D eigenvalue weighted by atomic mass is 35.5. The van der Waals surface area contributed by atoms with E-state index in [1.807, 2.05) is 0 Å². The Bertz CT molecular complexity index is 1630. The Hall–Kier alpha value is -4.84. The molecule has 1 unspecified atom stereocenters. The summed E-state index contributed by atoms with van der Waals surface area (Å²) in [6, 6.07) is 12.3. The first-order valence-corrected chi connectivity index (χ1v) is 13.1. The highest BCUT2D eigenvalue weighted by Gasteiger charge is 2.28. The van der Waals surface area contributed by atoms with Gasteiger partial charge >= 0.3 is 23.8 Å². The van der Waals surface area contributed by atoms with Crippen LogP contribution in [0.5, 0.6) is 0 Å². The molecule has 0 aliphatic carbocycles. The molecule has 11 nitrogen and oxygen atoms in total. The molecule has 2 aromatic heterocycles. The molecule has 0 spiro atoms. The number of ether oxygens (including phenoxy) is 1. The minimum Gasteiger partial charge on any atom is -0.480 e. The van der Waals surface area contributed by atoms with Gasteiger partial charge < -0.3 is 15.2 Å². The Kier molecular flexibility index (Phi) is 8.86. The fraction of sp³-hybridized carbons (Fsp3) is 0.241. The molecule has 0 bridgehead atoms. The zero-order valence-corrected chi connectivity index (χ0v) is 23.9. The van der Waals surface area contributed by atoms with Crippen LogP contribution in [-0.2, 0) is 23.0 Å². The molecule has 13 heteroatoms. The quantitative estimate of drug-likeness (QED) is 0.194. The molecule has 4 rings (SSSR count). The number of aliphatic carboxylic acids is 1. The average molecular weight is 597 g/mol. The van der Waals surface area contributed by atoms with Crippen molar-refractivity contribution in [3.63, 3.8) is 0 Å². The second kappa shape index (κ2) is 12.4. The monoisotopic (exact) mass is 596 g/mol. The van der Waals surface area contributed by atoms with Crippen molar-refractivity contribution in [3.05, 3.63) is 82.9 Å². The molecule has 0 aliphatic rings. The van der Waals surface area contributed by atoms with Crippen LogP contribution in [0.25, 0.3) is 22.8 Å². The van der Waals surface area contributed by atoms with E-state index in [-0.39, 0.29) is 28.5 Å². The molecule has 0 saturated carbocycles. The molecule has 4 aromatic rings. The normalized spacial score (nSPS) is 12.0. The zero-order valence-electron chi connectivity index (χ0n) is 23.1. The molecular weight excluding hydrogens is 569 g/mol. The Balaban J connectivity index is 1.48. The lowest BCUT2D eigenvalue weighted by Crippen LogP contribution is -2.42. The van der Waals surface area contributed by atoms with Gasteiger partial charge in [-0.15, -0.1) is 0 Å². The van der Waals surface area contributed by atoms with Crippen molar-refractivity contribution in [2.24, 2.45) is 7.05 Å². The first kappa shape index (κ1) is 30.1. The number of nitrogens with one attached hydrogen (secondary N) is 2. The second-order valence-corrected chi connectivity index (χ2v) is 10.7. The van der Waals surface area contributed by atoms with E-state index in [9.17, 15) is 19.5 Å². The van der Waals surface area contributed by atoms with E-state index in [1.165, 1.54) is 30.5 Å². The summed E-state index contributed by atoms with van der Waals surface area (Å²) in [5.74, 6) is -2.06. The van der Waals surface area contributed by atoms with Crippen molar-refractivity contribution in [2.75, 3.05) is 5.32 Å². The summed E-state index contributed by atoms with van der Waals surface area (Å²) in [5.41, 5.74) is 1.12. The molecule has 0 fully saturated rings. The number of nitrogens with zero attached hydrogens (tertiary/aromatic N) is 3. The van der Waals surface area contributed by atoms with Crippen molar-refractivity contribution in [1.29, 1.82) is 0 Å². The molecule has 2 amide bonds. The number of rotatable bonds is 8. The summed E-state index contributed by atoms with van der Waals surface area (Å²) in [7, 11) is 1.66. The van der Waals surface area contributed by atoms with E-state index in [1.54, 1.807) is 62.7 Å². The van der Waals surface area contributed by atoms with Crippen molar-refractivity contribution in [3.8, 4) is 22.8 Å². The minimum atomic E-state index is -1.32. The highest BCUT2D eigenvalue weighted by molar-refractivity contribution is 6.29. The van der Waals surface area contributed by atoms with E-state index in [0.29, 0.717) is 22.7 Å². The van der Waals surface area contributed by atoms with Gasteiger partial charge in [-0.25, -0.2) is 23.5 Å². The first-order valence-electron chi connectivity index (χ1n) is 12.7. The minimum absolute atomic E-state index is 0.0866. The standard InChI is InChI=1S/C29H27ClFN5O6/c1-29(2,3)41-28(40)33-19-8-6-17(7-9-19)26-36(4)24(35-42-26)20-10-5-16(13-21(20)31)14-22(27(38)39)34-25(37)18-11-12-32-23(30)15-18/h5-13,15,22H,14H2,1-4H3,(H2,34,37,38,39)/p+1. The number of carbonyl (C=O) groups excluding carboxylic acids is 2. The Labute approximate surface area is 245 Å². The third-order valence-corrected chi connectivity index (χ3v) is 6.13. The van der Waals surface area contributed by atoms with Gasteiger partial charge in [0.25, 0.3) is 5.91 Å². The van der Waals surface area contributed by atoms with E-state index < -0.39 is 35.4 Å². The molecule has 218 valence electrons. The predicted octanol–water partition coefficient (Wildman–Crippen LogP) is 4.79. The second-order valence-electron chi connectivity index (χ2n) is 10.3. The van der Waals surface area contributed by atoms with Crippen LogP contribution < -0.4 is 15.2 Å². The Morgan fingerprint density at radius 3 is 2.45 bits per heavy atom. The largest absolute Gasteiger partial charge is 0.480 e. The molecule has 2 heterocycles. The molecule has 2 aromatic carbocycles. The number of pyridine rings is 1. The van der Waals surface area contributed by atoms with E-state index >= 15 is 4.39 Å². The van der Waals surface area contributed by atoms with E-state index in [0.717, 1.165) is 0 Å². The van der Waals surface area contributed by atoms with Gasteiger partial charge in [0.2, 0.25) is 0 Å². The third kappa shape index (κ3) is 7.46. The van der Waals surface area contributed by atoms with Gasteiger partial charge in [0.15, 0.2) is 5.16 Å². The lowest BCUT2D eigenvalue weighted by atomic mass is 10.0. The third-order valence-electron chi connectivity index (χ3n) is 5.92. The number of hydrogen-bond acceptors (Lipinski definition) is 7. The maximum absolute atomic E-state index is 15.2.